The number of para-hydroxylation sites is 1. The molecule has 0 aromatic heterocycles. The molecule has 150 valence electrons. The van der Waals surface area contributed by atoms with Crippen LogP contribution < -0.4 is 5.32 Å². The van der Waals surface area contributed by atoms with Crippen LogP contribution in [0.15, 0.2) is 64.5 Å². The highest BCUT2D eigenvalue weighted by atomic mass is 32.2. The standard InChI is InChI=1S/C21H28N4O2S/c1-24(2)28(26,27)20-13-11-18(12-14-20)17-22-21(25-15-7-4-8-16-25)23-19-9-5-3-6-10-19/h3,5-6,9-14H,4,7-8,15-17H2,1-2H3,(H,22,23). The van der Waals surface area contributed by atoms with E-state index >= 15 is 0 Å². The number of nitrogens with zero attached hydrogens (tertiary/aromatic N) is 3. The molecule has 1 fully saturated rings. The minimum Gasteiger partial charge on any atom is -0.343 e. The molecule has 0 bridgehead atoms. The summed E-state index contributed by atoms with van der Waals surface area (Å²) in [6.07, 6.45) is 3.61. The number of hydrogen-bond acceptors (Lipinski definition) is 3. The smallest absolute Gasteiger partial charge is 0.242 e. The summed E-state index contributed by atoms with van der Waals surface area (Å²) in [4.78, 5) is 7.40. The number of rotatable bonds is 5. The van der Waals surface area contributed by atoms with Crippen molar-refractivity contribution in [1.29, 1.82) is 0 Å². The van der Waals surface area contributed by atoms with Crippen molar-refractivity contribution in [2.24, 2.45) is 4.99 Å². The van der Waals surface area contributed by atoms with Gasteiger partial charge in [0.25, 0.3) is 0 Å². The Bertz CT molecular complexity index is 888. The second kappa shape index (κ2) is 9.21. The third-order valence-corrected chi connectivity index (χ3v) is 6.63. The van der Waals surface area contributed by atoms with E-state index in [9.17, 15) is 8.42 Å². The van der Waals surface area contributed by atoms with Crippen molar-refractivity contribution in [2.75, 3.05) is 32.5 Å². The van der Waals surface area contributed by atoms with Gasteiger partial charge in [0, 0.05) is 32.9 Å². The number of benzene rings is 2. The van der Waals surface area contributed by atoms with Crippen molar-refractivity contribution in [3.8, 4) is 0 Å². The van der Waals surface area contributed by atoms with E-state index < -0.39 is 10.0 Å². The first-order valence-electron chi connectivity index (χ1n) is 9.60. The van der Waals surface area contributed by atoms with Crippen molar-refractivity contribution >= 4 is 21.7 Å². The van der Waals surface area contributed by atoms with E-state index in [-0.39, 0.29) is 0 Å². The maximum absolute atomic E-state index is 12.2. The van der Waals surface area contributed by atoms with Crippen molar-refractivity contribution < 1.29 is 8.42 Å². The van der Waals surface area contributed by atoms with Gasteiger partial charge < -0.3 is 10.2 Å². The molecule has 2 aromatic rings. The maximum atomic E-state index is 12.2. The van der Waals surface area contributed by atoms with E-state index in [1.54, 1.807) is 12.1 Å². The van der Waals surface area contributed by atoms with Crippen molar-refractivity contribution in [3.05, 3.63) is 60.2 Å². The number of piperidine rings is 1. The predicted octanol–water partition coefficient (Wildman–Crippen LogP) is 3.39. The van der Waals surface area contributed by atoms with Crippen LogP contribution in [0.25, 0.3) is 0 Å². The van der Waals surface area contributed by atoms with Crippen molar-refractivity contribution in [1.82, 2.24) is 9.21 Å². The zero-order valence-electron chi connectivity index (χ0n) is 16.5. The lowest BCUT2D eigenvalue weighted by atomic mass is 10.1. The second-order valence-corrected chi connectivity index (χ2v) is 9.26. The normalized spacial score (nSPS) is 15.7. The summed E-state index contributed by atoms with van der Waals surface area (Å²) in [6, 6.07) is 17.0. The fourth-order valence-corrected chi connectivity index (χ4v) is 4.02. The van der Waals surface area contributed by atoms with Crippen LogP contribution in [0.4, 0.5) is 5.69 Å². The van der Waals surface area contributed by atoms with Crippen molar-refractivity contribution in [3.63, 3.8) is 0 Å². The number of likely N-dealkylation sites (tertiary alicyclic amines) is 1. The summed E-state index contributed by atoms with van der Waals surface area (Å²) in [5.41, 5.74) is 1.99. The molecular formula is C21H28N4O2S. The molecule has 1 N–H and O–H groups in total. The second-order valence-electron chi connectivity index (χ2n) is 7.11. The molecular weight excluding hydrogens is 372 g/mol. The van der Waals surface area contributed by atoms with Gasteiger partial charge in [-0.15, -0.1) is 0 Å². The van der Waals surface area contributed by atoms with E-state index in [2.05, 4.69) is 10.2 Å². The zero-order valence-corrected chi connectivity index (χ0v) is 17.3. The average molecular weight is 401 g/mol. The number of anilines is 1. The van der Waals surface area contributed by atoms with Crippen LogP contribution in [0.1, 0.15) is 24.8 Å². The highest BCUT2D eigenvalue weighted by molar-refractivity contribution is 7.89. The van der Waals surface area contributed by atoms with E-state index in [1.165, 1.54) is 37.7 Å². The first kappa shape index (κ1) is 20.4. The molecule has 6 nitrogen and oxygen atoms in total. The summed E-state index contributed by atoms with van der Waals surface area (Å²) in [5.74, 6) is 0.871. The Morgan fingerprint density at radius 2 is 1.64 bits per heavy atom. The van der Waals surface area contributed by atoms with Crippen LogP contribution >= 0.6 is 0 Å². The van der Waals surface area contributed by atoms with Gasteiger partial charge in [0.05, 0.1) is 11.4 Å². The summed E-state index contributed by atoms with van der Waals surface area (Å²) in [6.45, 7) is 2.49. The molecule has 3 rings (SSSR count). The van der Waals surface area contributed by atoms with Crippen LogP contribution in [0.5, 0.6) is 0 Å². The van der Waals surface area contributed by atoms with Gasteiger partial charge in [-0.25, -0.2) is 17.7 Å². The Morgan fingerprint density at radius 1 is 1.00 bits per heavy atom. The summed E-state index contributed by atoms with van der Waals surface area (Å²) >= 11 is 0. The van der Waals surface area contributed by atoms with E-state index in [4.69, 9.17) is 4.99 Å². The largest absolute Gasteiger partial charge is 0.343 e. The Morgan fingerprint density at radius 3 is 2.25 bits per heavy atom. The monoisotopic (exact) mass is 400 g/mol. The summed E-state index contributed by atoms with van der Waals surface area (Å²) in [7, 11) is -0.335. The van der Waals surface area contributed by atoms with E-state index in [0.29, 0.717) is 11.4 Å². The highest BCUT2D eigenvalue weighted by Gasteiger charge is 2.17. The van der Waals surface area contributed by atoms with Crippen LogP contribution in [-0.2, 0) is 16.6 Å². The van der Waals surface area contributed by atoms with Gasteiger partial charge >= 0.3 is 0 Å². The number of guanidine groups is 1. The van der Waals surface area contributed by atoms with Gasteiger partial charge in [0.2, 0.25) is 10.0 Å². The fourth-order valence-electron chi connectivity index (χ4n) is 3.12. The predicted molar refractivity (Wildman–Crippen MR) is 114 cm³/mol. The first-order valence-corrected chi connectivity index (χ1v) is 11.0. The Hall–Kier alpha value is -2.38. The molecule has 1 heterocycles. The summed E-state index contributed by atoms with van der Waals surface area (Å²) < 4.78 is 25.6. The SMILES string of the molecule is CN(C)S(=O)(=O)c1ccc(CN=C(Nc2ccccc2)N2CCCCC2)cc1. The summed E-state index contributed by atoms with van der Waals surface area (Å²) in [5, 5.41) is 3.44. The zero-order chi connectivity index (χ0) is 20.0. The molecule has 7 heteroatoms. The van der Waals surface area contributed by atoms with Crippen LogP contribution in [-0.4, -0.2) is 50.8 Å². The molecule has 0 unspecified atom stereocenters. The van der Waals surface area contributed by atoms with Gasteiger partial charge in [0.1, 0.15) is 0 Å². The minimum atomic E-state index is -3.41. The van der Waals surface area contributed by atoms with Gasteiger partial charge in [-0.1, -0.05) is 30.3 Å². The van der Waals surface area contributed by atoms with Crippen LogP contribution in [0.2, 0.25) is 0 Å². The fraction of sp³-hybridized carbons (Fsp3) is 0.381. The van der Waals surface area contributed by atoms with Crippen LogP contribution in [0.3, 0.4) is 0 Å². The van der Waals surface area contributed by atoms with Gasteiger partial charge in [-0.2, -0.15) is 0 Å². The molecule has 0 atom stereocenters. The molecule has 0 amide bonds. The Labute approximate surface area is 167 Å². The third kappa shape index (κ3) is 5.11. The molecule has 1 aliphatic rings. The number of sulfonamides is 1. The lowest BCUT2D eigenvalue weighted by Crippen LogP contribution is -2.40. The van der Waals surface area contributed by atoms with Gasteiger partial charge in [0.15, 0.2) is 5.96 Å². The van der Waals surface area contributed by atoms with Crippen molar-refractivity contribution in [2.45, 2.75) is 30.7 Å². The van der Waals surface area contributed by atoms with Gasteiger partial charge in [-0.3, -0.25) is 0 Å². The topological polar surface area (TPSA) is 65.0 Å². The lowest BCUT2D eigenvalue weighted by molar-refractivity contribution is 0.340. The minimum absolute atomic E-state index is 0.295. The highest BCUT2D eigenvalue weighted by Crippen LogP contribution is 2.16. The number of nitrogens with one attached hydrogen (secondary N) is 1. The molecule has 0 saturated carbocycles. The Kier molecular flexibility index (Phi) is 6.70. The van der Waals surface area contributed by atoms with E-state index in [0.717, 1.165) is 30.3 Å². The third-order valence-electron chi connectivity index (χ3n) is 4.80. The molecule has 1 aliphatic heterocycles. The maximum Gasteiger partial charge on any atom is 0.242 e. The lowest BCUT2D eigenvalue weighted by Gasteiger charge is -2.30. The number of aliphatic imine (C=N–C) groups is 1. The quantitative estimate of drug-likeness (QED) is 0.617. The molecule has 0 spiro atoms. The van der Waals surface area contributed by atoms with Gasteiger partial charge in [-0.05, 0) is 49.1 Å². The Balaban J connectivity index is 1.76. The molecule has 0 aliphatic carbocycles. The molecule has 2 aromatic carbocycles. The molecule has 1 saturated heterocycles. The number of hydrogen-bond donors (Lipinski definition) is 1. The van der Waals surface area contributed by atoms with E-state index in [1.807, 2.05) is 42.5 Å². The van der Waals surface area contributed by atoms with Crippen LogP contribution in [0, 0.1) is 0 Å². The molecule has 28 heavy (non-hydrogen) atoms. The molecule has 0 radical (unpaired) electrons. The first-order chi connectivity index (χ1) is 13.5. The average Bonchev–Trinajstić information content (AvgIpc) is 2.72.